The highest BCUT2D eigenvalue weighted by molar-refractivity contribution is 5.82. The van der Waals surface area contributed by atoms with Gasteiger partial charge >= 0.3 is 0 Å². The Kier molecular flexibility index (Phi) is 8.76. The standard InChI is InChI=1S/C24H31NO3/c1-5-6-15-27-22-14-10-13-21(16-22)25-23(18(2)3)24(19(4)26)28-17-20-11-8-7-9-12-20/h5-14,16,18,23-25H,15,17H2,1-4H3/b6-5+/t23-,24+/m0/s1. The predicted molar refractivity (Wildman–Crippen MR) is 115 cm³/mol. The number of hydrogen-bond acceptors (Lipinski definition) is 4. The minimum Gasteiger partial charge on any atom is -0.489 e. The zero-order valence-corrected chi connectivity index (χ0v) is 17.2. The van der Waals surface area contributed by atoms with Crippen LogP contribution in [0.3, 0.4) is 0 Å². The number of ether oxygens (including phenoxy) is 2. The van der Waals surface area contributed by atoms with E-state index in [1.54, 1.807) is 6.92 Å². The van der Waals surface area contributed by atoms with Crippen LogP contribution in [-0.4, -0.2) is 24.5 Å². The molecule has 0 radical (unpaired) electrons. The molecular formula is C24H31NO3. The molecule has 2 atom stereocenters. The van der Waals surface area contributed by atoms with Crippen LogP contribution in [0.2, 0.25) is 0 Å². The van der Waals surface area contributed by atoms with Crippen molar-refractivity contribution in [3.8, 4) is 5.75 Å². The molecule has 0 aliphatic rings. The molecule has 0 saturated carbocycles. The van der Waals surface area contributed by atoms with E-state index in [1.807, 2.05) is 73.7 Å². The van der Waals surface area contributed by atoms with Gasteiger partial charge in [-0.25, -0.2) is 0 Å². The second kappa shape index (κ2) is 11.3. The first-order chi connectivity index (χ1) is 13.5. The number of hydrogen-bond donors (Lipinski definition) is 1. The van der Waals surface area contributed by atoms with Crippen molar-refractivity contribution in [2.45, 2.75) is 46.4 Å². The van der Waals surface area contributed by atoms with Crippen molar-refractivity contribution < 1.29 is 14.3 Å². The molecule has 4 nitrogen and oxygen atoms in total. The fourth-order valence-electron chi connectivity index (χ4n) is 2.93. The minimum absolute atomic E-state index is 0.0163. The Labute approximate surface area is 168 Å². The summed E-state index contributed by atoms with van der Waals surface area (Å²) in [4.78, 5) is 12.3. The quantitative estimate of drug-likeness (QED) is 0.540. The van der Waals surface area contributed by atoms with Crippen molar-refractivity contribution in [2.24, 2.45) is 5.92 Å². The summed E-state index contributed by atoms with van der Waals surface area (Å²) >= 11 is 0. The third-order valence-corrected chi connectivity index (χ3v) is 4.47. The van der Waals surface area contributed by atoms with Crippen LogP contribution in [0.5, 0.6) is 5.75 Å². The van der Waals surface area contributed by atoms with Crippen LogP contribution in [0, 0.1) is 5.92 Å². The fourth-order valence-corrected chi connectivity index (χ4v) is 2.93. The smallest absolute Gasteiger partial charge is 0.160 e. The summed E-state index contributed by atoms with van der Waals surface area (Å²) in [5.41, 5.74) is 1.96. The maximum atomic E-state index is 12.3. The van der Waals surface area contributed by atoms with Gasteiger partial charge in [0.2, 0.25) is 0 Å². The molecule has 0 amide bonds. The number of nitrogens with one attached hydrogen (secondary N) is 1. The van der Waals surface area contributed by atoms with Crippen molar-refractivity contribution in [1.82, 2.24) is 0 Å². The minimum atomic E-state index is -0.534. The highest BCUT2D eigenvalue weighted by Crippen LogP contribution is 2.23. The van der Waals surface area contributed by atoms with E-state index in [-0.39, 0.29) is 17.7 Å². The normalized spacial score (nSPS) is 13.5. The molecule has 28 heavy (non-hydrogen) atoms. The molecular weight excluding hydrogens is 350 g/mol. The lowest BCUT2D eigenvalue weighted by Crippen LogP contribution is -2.44. The van der Waals surface area contributed by atoms with Gasteiger partial charge in [0.1, 0.15) is 18.5 Å². The molecule has 0 unspecified atom stereocenters. The highest BCUT2D eigenvalue weighted by Gasteiger charge is 2.29. The number of Topliss-reactive ketones (excluding diaryl/α,β-unsaturated/α-hetero) is 1. The Morgan fingerprint density at radius 2 is 1.86 bits per heavy atom. The van der Waals surface area contributed by atoms with Crippen LogP contribution < -0.4 is 10.1 Å². The van der Waals surface area contributed by atoms with Crippen LogP contribution in [0.1, 0.15) is 33.3 Å². The van der Waals surface area contributed by atoms with Crippen LogP contribution in [-0.2, 0) is 16.1 Å². The van der Waals surface area contributed by atoms with Crippen LogP contribution >= 0.6 is 0 Å². The highest BCUT2D eigenvalue weighted by atomic mass is 16.5. The number of carbonyl (C=O) groups excluding carboxylic acids is 1. The Balaban J connectivity index is 2.10. The first-order valence-corrected chi connectivity index (χ1v) is 9.77. The van der Waals surface area contributed by atoms with Crippen molar-refractivity contribution in [3.05, 3.63) is 72.3 Å². The predicted octanol–water partition coefficient (Wildman–Crippen LogP) is 5.25. The van der Waals surface area contributed by atoms with Gasteiger partial charge in [0.05, 0.1) is 12.6 Å². The molecule has 0 fully saturated rings. The van der Waals surface area contributed by atoms with Crippen molar-refractivity contribution >= 4 is 11.5 Å². The molecule has 0 aliphatic carbocycles. The summed E-state index contributed by atoms with van der Waals surface area (Å²) in [5.74, 6) is 1.01. The second-order valence-electron chi connectivity index (χ2n) is 7.15. The van der Waals surface area contributed by atoms with E-state index in [0.717, 1.165) is 17.0 Å². The molecule has 2 aromatic carbocycles. The van der Waals surface area contributed by atoms with E-state index in [0.29, 0.717) is 13.2 Å². The van der Waals surface area contributed by atoms with Crippen molar-refractivity contribution in [2.75, 3.05) is 11.9 Å². The molecule has 1 N–H and O–H groups in total. The average Bonchev–Trinajstić information content (AvgIpc) is 2.68. The van der Waals surface area contributed by atoms with Gasteiger partial charge < -0.3 is 14.8 Å². The molecule has 0 bridgehead atoms. The summed E-state index contributed by atoms with van der Waals surface area (Å²) in [6, 6.07) is 17.6. The van der Waals surface area contributed by atoms with E-state index in [9.17, 15) is 4.79 Å². The molecule has 0 saturated heterocycles. The first-order valence-electron chi connectivity index (χ1n) is 9.77. The van der Waals surface area contributed by atoms with Crippen molar-refractivity contribution in [1.29, 1.82) is 0 Å². The van der Waals surface area contributed by atoms with Gasteiger partial charge in [-0.2, -0.15) is 0 Å². The monoisotopic (exact) mass is 381 g/mol. The Morgan fingerprint density at radius 3 is 2.50 bits per heavy atom. The van der Waals surface area contributed by atoms with Crippen LogP contribution in [0.15, 0.2) is 66.7 Å². The van der Waals surface area contributed by atoms with Gasteiger partial charge in [0, 0.05) is 11.8 Å². The van der Waals surface area contributed by atoms with E-state index in [1.165, 1.54) is 0 Å². The van der Waals surface area contributed by atoms with Crippen molar-refractivity contribution in [3.63, 3.8) is 0 Å². The largest absolute Gasteiger partial charge is 0.489 e. The molecule has 0 aromatic heterocycles. The number of rotatable bonds is 11. The number of anilines is 1. The van der Waals surface area contributed by atoms with Gasteiger partial charge in [-0.1, -0.05) is 62.4 Å². The molecule has 0 spiro atoms. The van der Waals surface area contributed by atoms with Gasteiger partial charge in [-0.3, -0.25) is 4.79 Å². The zero-order valence-electron chi connectivity index (χ0n) is 17.2. The van der Waals surface area contributed by atoms with E-state index in [2.05, 4.69) is 19.2 Å². The van der Waals surface area contributed by atoms with E-state index in [4.69, 9.17) is 9.47 Å². The Morgan fingerprint density at radius 1 is 1.11 bits per heavy atom. The summed E-state index contributed by atoms with van der Waals surface area (Å²) < 4.78 is 11.8. The number of allylic oxidation sites excluding steroid dienone is 1. The maximum Gasteiger partial charge on any atom is 0.160 e. The average molecular weight is 382 g/mol. The third-order valence-electron chi connectivity index (χ3n) is 4.47. The number of ketones is 1. The van der Waals surface area contributed by atoms with E-state index >= 15 is 0 Å². The SMILES string of the molecule is C/C=C/COc1cccc(N[C@@H](C(C)C)[C@H](OCc2ccccc2)C(C)=O)c1. The van der Waals surface area contributed by atoms with Crippen LogP contribution in [0.4, 0.5) is 5.69 Å². The summed E-state index contributed by atoms with van der Waals surface area (Å²) in [6.45, 7) is 8.67. The molecule has 2 rings (SSSR count). The van der Waals surface area contributed by atoms with E-state index < -0.39 is 6.10 Å². The summed E-state index contributed by atoms with van der Waals surface area (Å²) in [7, 11) is 0. The van der Waals surface area contributed by atoms with Gasteiger partial charge in [-0.05, 0) is 37.5 Å². The molecule has 0 aliphatic heterocycles. The lowest BCUT2D eigenvalue weighted by atomic mass is 9.95. The molecule has 2 aromatic rings. The Hall–Kier alpha value is -2.59. The zero-order chi connectivity index (χ0) is 20.4. The number of benzene rings is 2. The summed E-state index contributed by atoms with van der Waals surface area (Å²) in [6.07, 6.45) is 3.38. The lowest BCUT2D eigenvalue weighted by Gasteiger charge is -2.30. The molecule has 150 valence electrons. The maximum absolute atomic E-state index is 12.3. The van der Waals surface area contributed by atoms with Gasteiger partial charge in [-0.15, -0.1) is 0 Å². The Bertz CT molecular complexity index is 755. The summed E-state index contributed by atoms with van der Waals surface area (Å²) in [5, 5.41) is 3.48. The van der Waals surface area contributed by atoms with Gasteiger partial charge in [0.15, 0.2) is 5.78 Å². The lowest BCUT2D eigenvalue weighted by molar-refractivity contribution is -0.130. The fraction of sp³-hybridized carbons (Fsp3) is 0.375. The molecule has 4 heteroatoms. The van der Waals surface area contributed by atoms with Gasteiger partial charge in [0.25, 0.3) is 0 Å². The first kappa shape index (κ1) is 21.7. The topological polar surface area (TPSA) is 47.6 Å². The van der Waals surface area contributed by atoms with Crippen LogP contribution in [0.25, 0.3) is 0 Å². The number of carbonyl (C=O) groups is 1. The second-order valence-corrected chi connectivity index (χ2v) is 7.15. The third kappa shape index (κ3) is 6.86. The molecule has 0 heterocycles.